The lowest BCUT2D eigenvalue weighted by Crippen LogP contribution is -2.39. The zero-order valence-electron chi connectivity index (χ0n) is 11.5. The van der Waals surface area contributed by atoms with E-state index in [0.717, 1.165) is 25.3 Å². The van der Waals surface area contributed by atoms with Gasteiger partial charge in [-0.25, -0.2) is 9.97 Å². The summed E-state index contributed by atoms with van der Waals surface area (Å²) in [5, 5.41) is -0.362. The number of aromatic nitrogens is 2. The number of rotatable bonds is 2. The van der Waals surface area contributed by atoms with E-state index in [4.69, 9.17) is 11.6 Å². The van der Waals surface area contributed by atoms with Gasteiger partial charge in [0.1, 0.15) is 5.82 Å². The molecule has 0 N–H and O–H groups in total. The highest BCUT2D eigenvalue weighted by Crippen LogP contribution is 2.36. The number of halogens is 4. The Morgan fingerprint density at radius 1 is 1.30 bits per heavy atom. The summed E-state index contributed by atoms with van der Waals surface area (Å²) < 4.78 is 38.2. The van der Waals surface area contributed by atoms with E-state index in [0.29, 0.717) is 13.1 Å². The number of nitrogens with zero attached hydrogens (tertiary/aromatic N) is 3. The van der Waals surface area contributed by atoms with Gasteiger partial charge in [-0.1, -0.05) is 20.3 Å². The molecule has 0 aliphatic carbocycles. The molecule has 2 heterocycles. The Labute approximate surface area is 121 Å². The highest BCUT2D eigenvalue weighted by molar-refractivity contribution is 6.28. The highest BCUT2D eigenvalue weighted by Gasteiger charge is 2.35. The molecular formula is C13H17ClF3N3. The molecule has 3 nitrogen and oxygen atoms in total. The van der Waals surface area contributed by atoms with Crippen molar-refractivity contribution in [2.75, 3.05) is 18.0 Å². The van der Waals surface area contributed by atoms with Crippen LogP contribution < -0.4 is 4.90 Å². The van der Waals surface area contributed by atoms with Gasteiger partial charge >= 0.3 is 6.18 Å². The Hall–Kier alpha value is -1.04. The minimum atomic E-state index is -4.50. The molecule has 0 spiro atoms. The van der Waals surface area contributed by atoms with Gasteiger partial charge in [-0.15, -0.1) is 0 Å². The second-order valence-electron chi connectivity index (χ2n) is 5.53. The van der Waals surface area contributed by atoms with E-state index in [9.17, 15) is 13.2 Å². The molecule has 0 bridgehead atoms. The summed E-state index contributed by atoms with van der Waals surface area (Å²) in [6, 6.07) is 0.973. The molecule has 1 aromatic heterocycles. The van der Waals surface area contributed by atoms with Crippen LogP contribution in [0.3, 0.4) is 0 Å². The van der Waals surface area contributed by atoms with Crippen molar-refractivity contribution in [3.05, 3.63) is 17.0 Å². The topological polar surface area (TPSA) is 29.0 Å². The van der Waals surface area contributed by atoms with E-state index in [-0.39, 0.29) is 16.5 Å². The average molecular weight is 308 g/mol. The molecular weight excluding hydrogens is 291 g/mol. The van der Waals surface area contributed by atoms with E-state index >= 15 is 0 Å². The molecule has 1 aliphatic rings. The number of anilines is 1. The molecule has 1 aliphatic heterocycles. The van der Waals surface area contributed by atoms with Gasteiger partial charge in [-0.05, 0) is 29.9 Å². The van der Waals surface area contributed by atoms with E-state index in [1.165, 1.54) is 0 Å². The molecule has 7 heteroatoms. The molecule has 0 amide bonds. The molecule has 0 unspecified atom stereocenters. The maximum absolute atomic E-state index is 12.7. The third-order valence-electron chi connectivity index (χ3n) is 4.12. The van der Waals surface area contributed by atoms with Crippen LogP contribution in [0.1, 0.15) is 38.8 Å². The molecule has 1 fully saturated rings. The summed E-state index contributed by atoms with van der Waals surface area (Å²) in [5.41, 5.74) is -0.725. The Bertz CT molecular complexity index is 482. The quantitative estimate of drug-likeness (QED) is 0.768. The van der Waals surface area contributed by atoms with Crippen LogP contribution in [-0.2, 0) is 6.18 Å². The summed E-state index contributed by atoms with van der Waals surface area (Å²) in [4.78, 5) is 9.02. The van der Waals surface area contributed by atoms with Gasteiger partial charge in [0.2, 0.25) is 5.28 Å². The van der Waals surface area contributed by atoms with Crippen LogP contribution >= 0.6 is 11.6 Å². The van der Waals surface area contributed by atoms with Crippen molar-refractivity contribution in [3.63, 3.8) is 0 Å². The van der Waals surface area contributed by atoms with Crippen LogP contribution in [0.5, 0.6) is 0 Å². The third-order valence-corrected chi connectivity index (χ3v) is 4.29. The van der Waals surface area contributed by atoms with Gasteiger partial charge in [0.15, 0.2) is 5.69 Å². The molecule has 0 saturated carbocycles. The van der Waals surface area contributed by atoms with Crippen molar-refractivity contribution < 1.29 is 13.2 Å². The second kappa shape index (κ2) is 5.39. The molecule has 112 valence electrons. The molecule has 1 aromatic rings. The molecule has 0 atom stereocenters. The zero-order chi connectivity index (χ0) is 15.0. The summed E-state index contributed by atoms with van der Waals surface area (Å²) in [6.45, 7) is 5.72. The van der Waals surface area contributed by atoms with E-state index in [1.54, 1.807) is 0 Å². The first-order chi connectivity index (χ1) is 9.23. The van der Waals surface area contributed by atoms with E-state index < -0.39 is 11.9 Å². The largest absolute Gasteiger partial charge is 0.433 e. The van der Waals surface area contributed by atoms with Gasteiger partial charge in [-0.3, -0.25) is 0 Å². The minimum Gasteiger partial charge on any atom is -0.356 e. The lowest BCUT2D eigenvalue weighted by Gasteiger charge is -2.39. The lowest BCUT2D eigenvalue weighted by atomic mass is 9.78. The van der Waals surface area contributed by atoms with Crippen molar-refractivity contribution in [2.24, 2.45) is 5.41 Å². The predicted molar refractivity (Wildman–Crippen MR) is 71.9 cm³/mol. The van der Waals surface area contributed by atoms with Crippen LogP contribution in [0.2, 0.25) is 5.28 Å². The molecule has 0 aromatic carbocycles. The van der Waals surface area contributed by atoms with Crippen molar-refractivity contribution in [3.8, 4) is 0 Å². The standard InChI is InChI=1S/C13H17ClF3N3/c1-3-12(2)4-6-20(7-5-12)10-8-9(13(15,16)17)18-11(14)19-10/h8H,3-7H2,1-2H3. The SMILES string of the molecule is CCC1(C)CCN(c2cc(C(F)(F)F)nc(Cl)n2)CC1. The molecule has 20 heavy (non-hydrogen) atoms. The van der Waals surface area contributed by atoms with Gasteiger partial charge < -0.3 is 4.90 Å². The highest BCUT2D eigenvalue weighted by atomic mass is 35.5. The maximum atomic E-state index is 12.7. The summed E-state index contributed by atoms with van der Waals surface area (Å²) in [6.07, 6.45) is -1.56. The van der Waals surface area contributed by atoms with E-state index in [1.807, 2.05) is 4.90 Å². The fraction of sp³-hybridized carbons (Fsp3) is 0.692. The van der Waals surface area contributed by atoms with Crippen LogP contribution in [0, 0.1) is 5.41 Å². The first kappa shape index (κ1) is 15.4. The van der Waals surface area contributed by atoms with Gasteiger partial charge in [0.05, 0.1) is 0 Å². The van der Waals surface area contributed by atoms with Gasteiger partial charge in [0.25, 0.3) is 0 Å². The Kier molecular flexibility index (Phi) is 4.14. The minimum absolute atomic E-state index is 0.260. The maximum Gasteiger partial charge on any atom is 0.433 e. The summed E-state index contributed by atoms with van der Waals surface area (Å²) in [7, 11) is 0. The lowest BCUT2D eigenvalue weighted by molar-refractivity contribution is -0.141. The second-order valence-corrected chi connectivity index (χ2v) is 5.87. The molecule has 2 rings (SSSR count). The van der Waals surface area contributed by atoms with Crippen molar-refractivity contribution >= 4 is 17.4 Å². The summed E-state index contributed by atoms with van der Waals surface area (Å²) in [5.74, 6) is 0.260. The smallest absolute Gasteiger partial charge is 0.356 e. The first-order valence-corrected chi connectivity index (χ1v) is 6.98. The van der Waals surface area contributed by atoms with Gasteiger partial charge in [0, 0.05) is 19.2 Å². The Morgan fingerprint density at radius 3 is 2.40 bits per heavy atom. The number of hydrogen-bond donors (Lipinski definition) is 0. The fourth-order valence-corrected chi connectivity index (χ4v) is 2.52. The zero-order valence-corrected chi connectivity index (χ0v) is 12.2. The number of piperidine rings is 1. The van der Waals surface area contributed by atoms with Crippen molar-refractivity contribution in [2.45, 2.75) is 39.3 Å². The third kappa shape index (κ3) is 3.34. The fourth-order valence-electron chi connectivity index (χ4n) is 2.34. The van der Waals surface area contributed by atoms with E-state index in [2.05, 4.69) is 23.8 Å². The van der Waals surface area contributed by atoms with Crippen LogP contribution in [0.15, 0.2) is 6.07 Å². The first-order valence-electron chi connectivity index (χ1n) is 6.60. The predicted octanol–water partition coefficient (Wildman–Crippen LogP) is 4.17. The molecule has 1 saturated heterocycles. The number of hydrogen-bond acceptors (Lipinski definition) is 3. The molecule has 0 radical (unpaired) electrons. The van der Waals surface area contributed by atoms with Crippen molar-refractivity contribution in [1.82, 2.24) is 9.97 Å². The summed E-state index contributed by atoms with van der Waals surface area (Å²) >= 11 is 5.61. The monoisotopic (exact) mass is 307 g/mol. The van der Waals surface area contributed by atoms with Crippen LogP contribution in [0.25, 0.3) is 0 Å². The van der Waals surface area contributed by atoms with Crippen LogP contribution in [-0.4, -0.2) is 23.1 Å². The van der Waals surface area contributed by atoms with Crippen LogP contribution in [0.4, 0.5) is 19.0 Å². The number of alkyl halides is 3. The van der Waals surface area contributed by atoms with Gasteiger partial charge in [-0.2, -0.15) is 13.2 Å². The normalized spacial score (nSPS) is 19.2. The Morgan fingerprint density at radius 2 is 1.90 bits per heavy atom. The Balaban J connectivity index is 2.20. The average Bonchev–Trinajstić information content (AvgIpc) is 2.38. The van der Waals surface area contributed by atoms with Crippen molar-refractivity contribution in [1.29, 1.82) is 0 Å².